The number of carbonyl (C=O) groups excluding carboxylic acids is 2. The van der Waals surface area contributed by atoms with Gasteiger partial charge in [-0.2, -0.15) is 0 Å². The van der Waals surface area contributed by atoms with Crippen molar-refractivity contribution >= 4 is 11.8 Å². The molecule has 2 atom stereocenters. The summed E-state index contributed by atoms with van der Waals surface area (Å²) < 4.78 is 5.56. The lowest BCUT2D eigenvalue weighted by molar-refractivity contribution is -0.122. The lowest BCUT2D eigenvalue weighted by atomic mass is 10.0. The quantitative estimate of drug-likeness (QED) is 0.849. The predicted octanol–water partition coefficient (Wildman–Crippen LogP) is 2.60. The molecule has 2 aromatic rings. The highest BCUT2D eigenvalue weighted by atomic mass is 16.5. The van der Waals surface area contributed by atoms with Gasteiger partial charge in [0.1, 0.15) is 5.75 Å². The van der Waals surface area contributed by atoms with Gasteiger partial charge in [0.05, 0.1) is 19.1 Å². The van der Waals surface area contributed by atoms with E-state index in [-0.39, 0.29) is 25.0 Å². The number of rotatable bonds is 6. The summed E-state index contributed by atoms with van der Waals surface area (Å²) in [6.45, 7) is 2.40. The third kappa shape index (κ3) is 3.99. The Balaban J connectivity index is 1.52. The molecule has 0 fully saturated rings. The minimum absolute atomic E-state index is 0.0420. The molecule has 0 aromatic heterocycles. The molecule has 3 rings (SSSR count). The number of hydrogen-bond donors (Lipinski definition) is 2. The third-order valence-corrected chi connectivity index (χ3v) is 4.53. The molecular weight excluding hydrogens is 316 g/mol. The van der Waals surface area contributed by atoms with E-state index in [4.69, 9.17) is 10.5 Å². The minimum atomic E-state index is -0.503. The van der Waals surface area contributed by atoms with Crippen LogP contribution in [-0.2, 0) is 11.2 Å². The van der Waals surface area contributed by atoms with Gasteiger partial charge in [-0.3, -0.25) is 9.59 Å². The van der Waals surface area contributed by atoms with Crippen molar-refractivity contribution in [1.82, 2.24) is 5.32 Å². The van der Waals surface area contributed by atoms with Crippen LogP contribution in [0.3, 0.4) is 0 Å². The average Bonchev–Trinajstić information content (AvgIpc) is 2.91. The fraction of sp³-hybridized carbons (Fsp3) is 0.300. The number of nitrogens with one attached hydrogen (secondary N) is 1. The van der Waals surface area contributed by atoms with Crippen LogP contribution in [0.1, 0.15) is 40.9 Å². The maximum absolute atomic E-state index is 12.3. The lowest BCUT2D eigenvalue weighted by Crippen LogP contribution is -2.31. The lowest BCUT2D eigenvalue weighted by Gasteiger charge is -2.19. The van der Waals surface area contributed by atoms with Crippen LogP contribution in [0.5, 0.6) is 5.75 Å². The van der Waals surface area contributed by atoms with Crippen LogP contribution >= 0.6 is 0 Å². The second kappa shape index (κ2) is 7.38. The molecule has 0 saturated heterocycles. The van der Waals surface area contributed by atoms with Crippen LogP contribution < -0.4 is 15.8 Å². The maximum Gasteiger partial charge on any atom is 0.248 e. The minimum Gasteiger partial charge on any atom is -0.493 e. The van der Waals surface area contributed by atoms with E-state index >= 15 is 0 Å². The molecular formula is C20H22N2O3. The summed E-state index contributed by atoms with van der Waals surface area (Å²) in [6, 6.07) is 14.9. The second-order valence-electron chi connectivity index (χ2n) is 6.42. The second-order valence-corrected chi connectivity index (χ2v) is 6.42. The van der Waals surface area contributed by atoms with E-state index in [9.17, 15) is 9.59 Å². The Morgan fingerprint density at radius 1 is 1.20 bits per heavy atom. The van der Waals surface area contributed by atoms with Gasteiger partial charge in [0.2, 0.25) is 11.8 Å². The van der Waals surface area contributed by atoms with E-state index in [0.29, 0.717) is 17.2 Å². The zero-order valence-electron chi connectivity index (χ0n) is 14.2. The Morgan fingerprint density at radius 2 is 2.00 bits per heavy atom. The zero-order chi connectivity index (χ0) is 17.8. The summed E-state index contributed by atoms with van der Waals surface area (Å²) in [4.78, 5) is 23.4. The van der Waals surface area contributed by atoms with Gasteiger partial charge in [-0.25, -0.2) is 0 Å². The summed E-state index contributed by atoms with van der Waals surface area (Å²) in [6.07, 6.45) is 1.24. The highest BCUT2D eigenvalue weighted by Crippen LogP contribution is 2.35. The molecule has 0 unspecified atom stereocenters. The summed E-state index contributed by atoms with van der Waals surface area (Å²) in [5.74, 6) is 0.370. The van der Waals surface area contributed by atoms with E-state index in [0.717, 1.165) is 6.42 Å². The maximum atomic E-state index is 12.3. The molecule has 0 bridgehead atoms. The van der Waals surface area contributed by atoms with Crippen LogP contribution in [0, 0.1) is 5.92 Å². The van der Waals surface area contributed by atoms with Crippen LogP contribution in [0.15, 0.2) is 48.5 Å². The highest BCUT2D eigenvalue weighted by Gasteiger charge is 2.29. The number of amides is 2. The average molecular weight is 338 g/mol. The van der Waals surface area contributed by atoms with Gasteiger partial charge in [-0.05, 0) is 41.7 Å². The number of benzene rings is 2. The predicted molar refractivity (Wildman–Crippen MR) is 95.3 cm³/mol. The van der Waals surface area contributed by atoms with E-state index in [2.05, 4.69) is 24.4 Å². The summed E-state index contributed by atoms with van der Waals surface area (Å²) in [5, 5.41) is 3.11. The molecule has 1 aliphatic rings. The molecule has 130 valence electrons. The summed E-state index contributed by atoms with van der Waals surface area (Å²) in [7, 11) is 0. The van der Waals surface area contributed by atoms with Crippen molar-refractivity contribution in [3.63, 3.8) is 0 Å². The van der Waals surface area contributed by atoms with Crippen molar-refractivity contribution in [3.05, 3.63) is 65.2 Å². The Kier molecular flexibility index (Phi) is 5.03. The molecule has 2 amide bonds. The van der Waals surface area contributed by atoms with Crippen molar-refractivity contribution in [3.8, 4) is 5.75 Å². The fourth-order valence-electron chi connectivity index (χ4n) is 3.26. The number of primary amides is 1. The SMILES string of the molecule is C[C@@H]1Cc2ccccc2[C@H]1NC(=O)CCOc1cccc(C(N)=O)c1. The van der Waals surface area contributed by atoms with Gasteiger partial charge in [-0.1, -0.05) is 37.3 Å². The molecule has 0 saturated carbocycles. The summed E-state index contributed by atoms with van der Waals surface area (Å²) in [5.41, 5.74) is 8.14. The molecule has 0 radical (unpaired) electrons. The van der Waals surface area contributed by atoms with Gasteiger partial charge in [0, 0.05) is 5.56 Å². The Morgan fingerprint density at radius 3 is 2.80 bits per heavy atom. The monoisotopic (exact) mass is 338 g/mol. The van der Waals surface area contributed by atoms with Crippen molar-refractivity contribution in [1.29, 1.82) is 0 Å². The van der Waals surface area contributed by atoms with E-state index in [1.807, 2.05) is 12.1 Å². The Labute approximate surface area is 147 Å². The first kappa shape index (κ1) is 17.0. The van der Waals surface area contributed by atoms with Crippen molar-refractivity contribution in [2.45, 2.75) is 25.8 Å². The zero-order valence-corrected chi connectivity index (χ0v) is 14.2. The standard InChI is InChI=1S/C20H22N2O3/c1-13-11-14-5-2-3-8-17(14)19(13)22-18(23)9-10-25-16-7-4-6-15(12-16)20(21)24/h2-8,12-13,19H,9-11H2,1H3,(H2,21,24)(H,22,23)/t13-,19+/m1/s1. The van der Waals surface area contributed by atoms with Crippen LogP contribution in [0.4, 0.5) is 0 Å². The van der Waals surface area contributed by atoms with E-state index in [1.54, 1.807) is 24.3 Å². The summed E-state index contributed by atoms with van der Waals surface area (Å²) >= 11 is 0. The van der Waals surface area contributed by atoms with Crippen LogP contribution in [-0.4, -0.2) is 18.4 Å². The molecule has 5 heteroatoms. The molecule has 2 aromatic carbocycles. The number of fused-ring (bicyclic) bond motifs is 1. The van der Waals surface area contributed by atoms with Gasteiger partial charge >= 0.3 is 0 Å². The smallest absolute Gasteiger partial charge is 0.248 e. The Hall–Kier alpha value is -2.82. The molecule has 3 N–H and O–H groups in total. The van der Waals surface area contributed by atoms with Gasteiger partial charge in [0.15, 0.2) is 0 Å². The highest BCUT2D eigenvalue weighted by molar-refractivity contribution is 5.93. The molecule has 25 heavy (non-hydrogen) atoms. The number of carbonyl (C=O) groups is 2. The van der Waals surface area contributed by atoms with Crippen molar-refractivity contribution in [2.75, 3.05) is 6.61 Å². The van der Waals surface area contributed by atoms with Crippen molar-refractivity contribution in [2.24, 2.45) is 11.7 Å². The van der Waals surface area contributed by atoms with Crippen LogP contribution in [0.25, 0.3) is 0 Å². The topological polar surface area (TPSA) is 81.4 Å². The first-order valence-corrected chi connectivity index (χ1v) is 8.44. The molecule has 0 spiro atoms. The number of hydrogen-bond acceptors (Lipinski definition) is 3. The third-order valence-electron chi connectivity index (χ3n) is 4.53. The fourth-order valence-corrected chi connectivity index (χ4v) is 3.26. The Bertz CT molecular complexity index is 788. The normalized spacial score (nSPS) is 18.4. The van der Waals surface area contributed by atoms with Crippen LogP contribution in [0.2, 0.25) is 0 Å². The largest absolute Gasteiger partial charge is 0.493 e. The first-order valence-electron chi connectivity index (χ1n) is 8.44. The van der Waals surface area contributed by atoms with Crippen molar-refractivity contribution < 1.29 is 14.3 Å². The molecule has 5 nitrogen and oxygen atoms in total. The number of nitrogens with two attached hydrogens (primary N) is 1. The number of ether oxygens (including phenoxy) is 1. The molecule has 0 heterocycles. The molecule has 1 aliphatic carbocycles. The van der Waals surface area contributed by atoms with Gasteiger partial charge in [-0.15, -0.1) is 0 Å². The van der Waals surface area contributed by atoms with Gasteiger partial charge < -0.3 is 15.8 Å². The van der Waals surface area contributed by atoms with Gasteiger partial charge in [0.25, 0.3) is 0 Å². The molecule has 0 aliphatic heterocycles. The van der Waals surface area contributed by atoms with E-state index < -0.39 is 5.91 Å². The van der Waals surface area contributed by atoms with E-state index in [1.165, 1.54) is 11.1 Å². The first-order chi connectivity index (χ1) is 12.0.